The van der Waals surface area contributed by atoms with Crippen LogP contribution in [0.2, 0.25) is 0 Å². The zero-order chi connectivity index (χ0) is 10.8. The fraction of sp³-hybridized carbons (Fsp3) is 0.0714. The number of pyridine rings is 1. The first kappa shape index (κ1) is 9.66. The molecule has 0 fully saturated rings. The molecule has 1 aromatic heterocycles. The largest absolute Gasteiger partial charge is 0.248 e. The highest BCUT2D eigenvalue weighted by Gasteiger charge is 2.02. The van der Waals surface area contributed by atoms with E-state index in [2.05, 4.69) is 43.3 Å². The summed E-state index contributed by atoms with van der Waals surface area (Å²) in [5.74, 6) is 0. The Balaban J connectivity index is 2.86. The molecule has 74 valence electrons. The van der Waals surface area contributed by atoms with Crippen LogP contribution in [0.3, 0.4) is 0 Å². The second-order valence-corrected chi connectivity index (χ2v) is 3.52. The molecule has 0 aliphatic heterocycles. The molecule has 0 radical (unpaired) electrons. The van der Waals surface area contributed by atoms with Crippen molar-refractivity contribution < 1.29 is 0 Å². The van der Waals surface area contributed by atoms with E-state index in [1.165, 1.54) is 5.56 Å². The summed E-state index contributed by atoms with van der Waals surface area (Å²) in [6.45, 7) is 9.61. The Kier molecular flexibility index (Phi) is 2.38. The van der Waals surface area contributed by atoms with Crippen molar-refractivity contribution in [2.45, 2.75) is 6.92 Å². The molecular weight excluding hydrogens is 182 g/mol. The van der Waals surface area contributed by atoms with Crippen LogP contribution < -0.4 is 0 Å². The quantitative estimate of drug-likeness (QED) is 0.709. The first-order valence-corrected chi connectivity index (χ1v) is 4.91. The summed E-state index contributed by atoms with van der Waals surface area (Å²) in [4.78, 5) is 4.57. The van der Waals surface area contributed by atoms with Gasteiger partial charge in [0.25, 0.3) is 0 Å². The predicted octanol–water partition coefficient (Wildman–Crippen LogP) is 3.83. The maximum atomic E-state index is 4.57. The van der Waals surface area contributed by atoms with E-state index in [9.17, 15) is 0 Å². The Bertz CT molecular complexity index is 538. The van der Waals surface area contributed by atoms with E-state index in [-0.39, 0.29) is 0 Å². The van der Waals surface area contributed by atoms with Gasteiger partial charge in [-0.05, 0) is 24.6 Å². The molecule has 0 bridgehead atoms. The minimum atomic E-state index is 0.895. The molecule has 1 aromatic carbocycles. The molecule has 2 rings (SSSR count). The van der Waals surface area contributed by atoms with E-state index >= 15 is 0 Å². The van der Waals surface area contributed by atoms with E-state index in [1.807, 2.05) is 12.1 Å². The standard InChI is InChI=1S/C14H13N/c1-4-11-9-12-8-6-7-10(3)14(12)15-13(11)5-2/h4-9H,1-2H2,3H3. The molecule has 2 aromatic rings. The Labute approximate surface area is 89.8 Å². The van der Waals surface area contributed by atoms with Gasteiger partial charge in [-0.2, -0.15) is 0 Å². The third-order valence-electron chi connectivity index (χ3n) is 2.52. The van der Waals surface area contributed by atoms with Gasteiger partial charge in [0.1, 0.15) is 0 Å². The molecule has 0 saturated carbocycles. The Hall–Kier alpha value is -1.89. The van der Waals surface area contributed by atoms with Crippen molar-refractivity contribution in [1.82, 2.24) is 4.98 Å². The SMILES string of the molecule is C=Cc1cc2cccc(C)c2nc1C=C. The highest BCUT2D eigenvalue weighted by atomic mass is 14.7. The number of hydrogen-bond acceptors (Lipinski definition) is 1. The van der Waals surface area contributed by atoms with Gasteiger partial charge in [-0.15, -0.1) is 0 Å². The lowest BCUT2D eigenvalue weighted by atomic mass is 10.1. The molecule has 1 heteroatoms. The molecule has 0 saturated heterocycles. The monoisotopic (exact) mass is 195 g/mol. The molecule has 0 aliphatic carbocycles. The summed E-state index contributed by atoms with van der Waals surface area (Å²) in [6.07, 6.45) is 3.58. The minimum Gasteiger partial charge on any atom is -0.248 e. The number of benzene rings is 1. The minimum absolute atomic E-state index is 0.895. The molecule has 0 unspecified atom stereocenters. The van der Waals surface area contributed by atoms with Crippen LogP contribution in [0.5, 0.6) is 0 Å². The molecule has 0 amide bonds. The van der Waals surface area contributed by atoms with E-state index in [4.69, 9.17) is 0 Å². The van der Waals surface area contributed by atoms with E-state index < -0.39 is 0 Å². The van der Waals surface area contributed by atoms with Gasteiger partial charge in [-0.1, -0.05) is 37.4 Å². The van der Waals surface area contributed by atoms with Crippen LogP contribution in [0, 0.1) is 6.92 Å². The van der Waals surface area contributed by atoms with Gasteiger partial charge in [-0.3, -0.25) is 0 Å². The summed E-state index contributed by atoms with van der Waals surface area (Å²) < 4.78 is 0. The normalized spacial score (nSPS) is 10.2. The van der Waals surface area contributed by atoms with Crippen molar-refractivity contribution in [1.29, 1.82) is 0 Å². The number of fused-ring (bicyclic) bond motifs is 1. The van der Waals surface area contributed by atoms with Crippen LogP contribution in [0.25, 0.3) is 23.1 Å². The third-order valence-corrected chi connectivity index (χ3v) is 2.52. The number of rotatable bonds is 2. The van der Waals surface area contributed by atoms with Crippen LogP contribution in [-0.2, 0) is 0 Å². The fourth-order valence-electron chi connectivity index (χ4n) is 1.70. The van der Waals surface area contributed by atoms with Gasteiger partial charge in [0.2, 0.25) is 0 Å². The van der Waals surface area contributed by atoms with Crippen molar-refractivity contribution >= 4 is 23.1 Å². The fourth-order valence-corrected chi connectivity index (χ4v) is 1.70. The molecular formula is C14H13N. The van der Waals surface area contributed by atoms with Gasteiger partial charge >= 0.3 is 0 Å². The number of aryl methyl sites for hydroxylation is 1. The average molecular weight is 195 g/mol. The molecule has 0 N–H and O–H groups in total. The van der Waals surface area contributed by atoms with Crippen molar-refractivity contribution in [2.75, 3.05) is 0 Å². The highest BCUT2D eigenvalue weighted by molar-refractivity contribution is 5.85. The highest BCUT2D eigenvalue weighted by Crippen LogP contribution is 2.21. The maximum Gasteiger partial charge on any atom is 0.0738 e. The van der Waals surface area contributed by atoms with Gasteiger partial charge in [0.15, 0.2) is 0 Å². The summed E-state index contributed by atoms with van der Waals surface area (Å²) >= 11 is 0. The Morgan fingerprint density at radius 3 is 2.67 bits per heavy atom. The van der Waals surface area contributed by atoms with Crippen molar-refractivity contribution in [3.63, 3.8) is 0 Å². The smallest absolute Gasteiger partial charge is 0.0738 e. The second-order valence-electron chi connectivity index (χ2n) is 3.52. The second kappa shape index (κ2) is 3.70. The van der Waals surface area contributed by atoms with Crippen molar-refractivity contribution in [2.24, 2.45) is 0 Å². The molecule has 1 heterocycles. The third kappa shape index (κ3) is 1.57. The van der Waals surface area contributed by atoms with Gasteiger partial charge in [-0.25, -0.2) is 4.98 Å². The zero-order valence-corrected chi connectivity index (χ0v) is 8.83. The van der Waals surface area contributed by atoms with Crippen molar-refractivity contribution in [3.05, 3.63) is 54.2 Å². The first-order chi connectivity index (χ1) is 7.26. The molecule has 0 aliphatic rings. The summed E-state index contributed by atoms with van der Waals surface area (Å²) in [7, 11) is 0. The topological polar surface area (TPSA) is 12.9 Å². The zero-order valence-electron chi connectivity index (χ0n) is 8.83. The van der Waals surface area contributed by atoms with E-state index in [1.54, 1.807) is 6.08 Å². The summed E-state index contributed by atoms with van der Waals surface area (Å²) in [5, 5.41) is 1.15. The molecule has 15 heavy (non-hydrogen) atoms. The molecule has 1 nitrogen and oxygen atoms in total. The van der Waals surface area contributed by atoms with Crippen LogP contribution in [-0.4, -0.2) is 4.98 Å². The number of aromatic nitrogens is 1. The summed E-state index contributed by atoms with van der Waals surface area (Å²) in [6, 6.07) is 8.27. The predicted molar refractivity (Wildman–Crippen MR) is 66.7 cm³/mol. The summed E-state index contributed by atoms with van der Waals surface area (Å²) in [5.41, 5.74) is 4.15. The van der Waals surface area contributed by atoms with Gasteiger partial charge < -0.3 is 0 Å². The van der Waals surface area contributed by atoms with Crippen LogP contribution >= 0.6 is 0 Å². The van der Waals surface area contributed by atoms with Gasteiger partial charge in [0.05, 0.1) is 11.2 Å². The number of nitrogens with zero attached hydrogens (tertiary/aromatic N) is 1. The van der Waals surface area contributed by atoms with Crippen LogP contribution in [0.15, 0.2) is 37.4 Å². The van der Waals surface area contributed by atoms with Gasteiger partial charge in [0, 0.05) is 10.9 Å². The lowest BCUT2D eigenvalue weighted by Gasteiger charge is -2.05. The van der Waals surface area contributed by atoms with E-state index in [0.717, 1.165) is 22.2 Å². The van der Waals surface area contributed by atoms with E-state index in [0.29, 0.717) is 0 Å². The molecule has 0 atom stereocenters. The molecule has 0 spiro atoms. The maximum absolute atomic E-state index is 4.57. The number of hydrogen-bond donors (Lipinski definition) is 0. The Morgan fingerprint density at radius 1 is 1.20 bits per heavy atom. The lowest BCUT2D eigenvalue weighted by Crippen LogP contribution is -1.90. The number of para-hydroxylation sites is 1. The first-order valence-electron chi connectivity index (χ1n) is 4.91. The Morgan fingerprint density at radius 2 is 2.00 bits per heavy atom. The van der Waals surface area contributed by atoms with Crippen LogP contribution in [0.4, 0.5) is 0 Å². The average Bonchev–Trinajstić information content (AvgIpc) is 2.28. The van der Waals surface area contributed by atoms with Crippen LogP contribution in [0.1, 0.15) is 16.8 Å². The lowest BCUT2D eigenvalue weighted by molar-refractivity contribution is 1.33. The van der Waals surface area contributed by atoms with Crippen molar-refractivity contribution in [3.8, 4) is 0 Å².